The second kappa shape index (κ2) is 2.17. The van der Waals surface area contributed by atoms with Crippen molar-refractivity contribution in [2.24, 2.45) is 17.8 Å². The molecule has 0 nitrogen and oxygen atoms in total. The molecule has 0 N–H and O–H groups in total. The van der Waals surface area contributed by atoms with E-state index in [2.05, 4.69) is 33.8 Å². The first kappa shape index (κ1) is 6.85. The fraction of sp³-hybridized carbons (Fsp3) is 0.778. The standard InChI is InChI=1S/C9H16/c1-6(2)5-9-7(3)8(9)4/h5,7-9H,1-4H3. The van der Waals surface area contributed by atoms with E-state index in [1.807, 2.05) is 0 Å². The van der Waals surface area contributed by atoms with Gasteiger partial charge in [-0.05, 0) is 31.6 Å². The molecule has 0 saturated heterocycles. The van der Waals surface area contributed by atoms with E-state index in [-0.39, 0.29) is 0 Å². The molecule has 0 aromatic heterocycles. The molecule has 0 bridgehead atoms. The molecule has 0 heteroatoms. The van der Waals surface area contributed by atoms with Crippen LogP contribution in [0, 0.1) is 17.8 Å². The molecular weight excluding hydrogens is 108 g/mol. The Bertz CT molecular complexity index is 121. The van der Waals surface area contributed by atoms with Crippen LogP contribution in [0.1, 0.15) is 27.7 Å². The minimum absolute atomic E-state index is 0.898. The average Bonchev–Trinajstić information content (AvgIpc) is 2.22. The average molecular weight is 124 g/mol. The molecule has 0 spiro atoms. The maximum Gasteiger partial charge on any atom is -0.0174 e. The van der Waals surface area contributed by atoms with Crippen molar-refractivity contribution in [3.63, 3.8) is 0 Å². The van der Waals surface area contributed by atoms with E-state index < -0.39 is 0 Å². The number of allylic oxidation sites excluding steroid dienone is 2. The van der Waals surface area contributed by atoms with Crippen LogP contribution in [0.2, 0.25) is 0 Å². The minimum Gasteiger partial charge on any atom is -0.0822 e. The molecule has 1 saturated carbocycles. The lowest BCUT2D eigenvalue weighted by Gasteiger charge is -1.86. The molecule has 0 aliphatic heterocycles. The molecule has 0 aromatic carbocycles. The molecule has 0 radical (unpaired) electrons. The van der Waals surface area contributed by atoms with Gasteiger partial charge in [0.2, 0.25) is 0 Å². The van der Waals surface area contributed by atoms with Crippen molar-refractivity contribution in [2.75, 3.05) is 0 Å². The second-order valence-corrected chi connectivity index (χ2v) is 3.54. The molecule has 2 atom stereocenters. The first-order valence-electron chi connectivity index (χ1n) is 3.78. The van der Waals surface area contributed by atoms with Crippen molar-refractivity contribution in [1.29, 1.82) is 0 Å². The van der Waals surface area contributed by atoms with Gasteiger partial charge in [0.05, 0.1) is 0 Å². The Labute approximate surface area is 58.0 Å². The van der Waals surface area contributed by atoms with Gasteiger partial charge in [-0.25, -0.2) is 0 Å². The SMILES string of the molecule is CC(C)=CC1C(C)C1C. The highest BCUT2D eigenvalue weighted by atomic mass is 14.4. The van der Waals surface area contributed by atoms with Gasteiger partial charge in [-0.2, -0.15) is 0 Å². The van der Waals surface area contributed by atoms with Crippen molar-refractivity contribution in [2.45, 2.75) is 27.7 Å². The van der Waals surface area contributed by atoms with Gasteiger partial charge >= 0.3 is 0 Å². The maximum atomic E-state index is 2.40. The summed E-state index contributed by atoms with van der Waals surface area (Å²) in [5, 5.41) is 0. The summed E-state index contributed by atoms with van der Waals surface area (Å²) in [5.41, 5.74) is 1.47. The number of hydrogen-bond acceptors (Lipinski definition) is 0. The molecule has 0 aromatic rings. The fourth-order valence-electron chi connectivity index (χ4n) is 1.39. The first-order valence-corrected chi connectivity index (χ1v) is 3.78. The van der Waals surface area contributed by atoms with Crippen molar-refractivity contribution in [3.8, 4) is 0 Å². The molecule has 1 rings (SSSR count). The zero-order chi connectivity index (χ0) is 7.02. The Balaban J connectivity index is 2.42. The molecule has 1 aliphatic carbocycles. The van der Waals surface area contributed by atoms with Gasteiger partial charge in [0.15, 0.2) is 0 Å². The van der Waals surface area contributed by atoms with Gasteiger partial charge in [-0.3, -0.25) is 0 Å². The summed E-state index contributed by atoms with van der Waals surface area (Å²) in [7, 11) is 0. The van der Waals surface area contributed by atoms with Crippen LogP contribution in [-0.4, -0.2) is 0 Å². The lowest BCUT2D eigenvalue weighted by atomic mass is 10.2. The van der Waals surface area contributed by atoms with Crippen LogP contribution in [0.3, 0.4) is 0 Å². The lowest BCUT2D eigenvalue weighted by Crippen LogP contribution is -1.72. The van der Waals surface area contributed by atoms with Crippen molar-refractivity contribution in [3.05, 3.63) is 11.6 Å². The molecule has 9 heavy (non-hydrogen) atoms. The number of rotatable bonds is 1. The van der Waals surface area contributed by atoms with Crippen LogP contribution < -0.4 is 0 Å². The van der Waals surface area contributed by atoms with Crippen LogP contribution in [0.25, 0.3) is 0 Å². The Morgan fingerprint density at radius 3 is 1.67 bits per heavy atom. The summed E-state index contributed by atoms with van der Waals surface area (Å²) in [5.74, 6) is 2.79. The molecule has 1 fully saturated rings. The molecule has 52 valence electrons. The highest BCUT2D eigenvalue weighted by Crippen LogP contribution is 2.46. The fourth-order valence-corrected chi connectivity index (χ4v) is 1.39. The Kier molecular flexibility index (Phi) is 1.65. The van der Waals surface area contributed by atoms with Gasteiger partial charge in [0.1, 0.15) is 0 Å². The van der Waals surface area contributed by atoms with Crippen LogP contribution in [0.5, 0.6) is 0 Å². The van der Waals surface area contributed by atoms with E-state index in [9.17, 15) is 0 Å². The second-order valence-electron chi connectivity index (χ2n) is 3.54. The minimum atomic E-state index is 0.898. The summed E-state index contributed by atoms with van der Waals surface area (Å²) in [4.78, 5) is 0. The summed E-state index contributed by atoms with van der Waals surface area (Å²) < 4.78 is 0. The van der Waals surface area contributed by atoms with Crippen molar-refractivity contribution < 1.29 is 0 Å². The largest absolute Gasteiger partial charge is 0.0822 e. The molecule has 0 amide bonds. The highest BCUT2D eigenvalue weighted by molar-refractivity contribution is 5.09. The van der Waals surface area contributed by atoms with Gasteiger partial charge in [-0.1, -0.05) is 25.5 Å². The highest BCUT2D eigenvalue weighted by Gasteiger charge is 2.40. The van der Waals surface area contributed by atoms with E-state index >= 15 is 0 Å². The topological polar surface area (TPSA) is 0 Å². The Morgan fingerprint density at radius 2 is 1.56 bits per heavy atom. The molecule has 2 unspecified atom stereocenters. The van der Waals surface area contributed by atoms with Gasteiger partial charge in [-0.15, -0.1) is 0 Å². The summed E-state index contributed by atoms with van der Waals surface area (Å²) >= 11 is 0. The number of hydrogen-bond donors (Lipinski definition) is 0. The van der Waals surface area contributed by atoms with Crippen LogP contribution >= 0.6 is 0 Å². The monoisotopic (exact) mass is 124 g/mol. The zero-order valence-corrected chi connectivity index (χ0v) is 6.81. The van der Waals surface area contributed by atoms with Crippen LogP contribution in [-0.2, 0) is 0 Å². The molecule has 1 aliphatic rings. The van der Waals surface area contributed by atoms with Gasteiger partial charge in [0, 0.05) is 0 Å². The lowest BCUT2D eigenvalue weighted by molar-refractivity contribution is 0.834. The van der Waals surface area contributed by atoms with Gasteiger partial charge in [0.25, 0.3) is 0 Å². The van der Waals surface area contributed by atoms with Crippen molar-refractivity contribution >= 4 is 0 Å². The van der Waals surface area contributed by atoms with Crippen LogP contribution in [0.15, 0.2) is 11.6 Å². The maximum absolute atomic E-state index is 2.40. The first-order chi connectivity index (χ1) is 4.13. The van der Waals surface area contributed by atoms with Gasteiger partial charge < -0.3 is 0 Å². The zero-order valence-electron chi connectivity index (χ0n) is 6.81. The smallest absolute Gasteiger partial charge is 0.0174 e. The third-order valence-corrected chi connectivity index (χ3v) is 2.43. The van der Waals surface area contributed by atoms with E-state index in [1.165, 1.54) is 5.57 Å². The van der Waals surface area contributed by atoms with Crippen LogP contribution in [0.4, 0.5) is 0 Å². The van der Waals surface area contributed by atoms with Crippen molar-refractivity contribution in [1.82, 2.24) is 0 Å². The third kappa shape index (κ3) is 1.35. The molecule has 0 heterocycles. The quantitative estimate of drug-likeness (QED) is 0.471. The van der Waals surface area contributed by atoms with E-state index in [1.54, 1.807) is 0 Å². The summed E-state index contributed by atoms with van der Waals surface area (Å²) in [6.45, 7) is 9.01. The Morgan fingerprint density at radius 1 is 1.11 bits per heavy atom. The Hall–Kier alpha value is -0.260. The van der Waals surface area contributed by atoms with E-state index in [0.29, 0.717) is 0 Å². The summed E-state index contributed by atoms with van der Waals surface area (Å²) in [6.07, 6.45) is 2.40. The molecular formula is C9H16. The predicted molar refractivity (Wildman–Crippen MR) is 41.2 cm³/mol. The predicted octanol–water partition coefficient (Wildman–Crippen LogP) is 2.85. The van der Waals surface area contributed by atoms with E-state index in [0.717, 1.165) is 17.8 Å². The summed E-state index contributed by atoms with van der Waals surface area (Å²) in [6, 6.07) is 0. The normalized spacial score (nSPS) is 40.2. The third-order valence-electron chi connectivity index (χ3n) is 2.43. The van der Waals surface area contributed by atoms with E-state index in [4.69, 9.17) is 0 Å².